The van der Waals surface area contributed by atoms with Crippen LogP contribution in [0.4, 0.5) is 11.4 Å². The van der Waals surface area contributed by atoms with Gasteiger partial charge in [-0.05, 0) is 49.5 Å². The van der Waals surface area contributed by atoms with Crippen molar-refractivity contribution in [3.8, 4) is 0 Å². The number of sulfonamides is 1. The zero-order valence-electron chi connectivity index (χ0n) is 13.3. The predicted octanol–water partition coefficient (Wildman–Crippen LogP) is 3.48. The highest BCUT2D eigenvalue weighted by Crippen LogP contribution is 2.15. The molecule has 0 radical (unpaired) electrons. The lowest BCUT2D eigenvalue weighted by molar-refractivity contribution is 0.598. The molecule has 0 heterocycles. The fourth-order valence-corrected chi connectivity index (χ4v) is 2.48. The van der Waals surface area contributed by atoms with Gasteiger partial charge in [0.1, 0.15) is 0 Å². The summed E-state index contributed by atoms with van der Waals surface area (Å²) in [6.45, 7) is 6.00. The monoisotopic (exact) mass is 351 g/mol. The summed E-state index contributed by atoms with van der Waals surface area (Å²) in [7, 11) is -3.73. The first-order valence-electron chi connectivity index (χ1n) is 7.12. The minimum atomic E-state index is -3.73. The first kappa shape index (κ1) is 19.1. The zero-order chi connectivity index (χ0) is 17.5. The number of aryl methyl sites for hydroxylation is 1. The number of anilines is 2. The molecule has 23 heavy (non-hydrogen) atoms. The van der Waals surface area contributed by atoms with Gasteiger partial charge in [0.15, 0.2) is 5.11 Å². The maximum absolute atomic E-state index is 11.3. The standard InChI is InChI=1S/C14H15N3O2S2.C2H6/c1-10-5-7-11(8-6-10)16-14(20)17-12-3-2-4-13(9-12)21(15,18)19;1-2/h2-9H,1H3,(H2,15,18,19)(H2,16,17,20);1-2H3. The fourth-order valence-electron chi connectivity index (χ4n) is 1.68. The predicted molar refractivity (Wildman–Crippen MR) is 100 cm³/mol. The third-order valence-corrected chi connectivity index (χ3v) is 3.84. The second kappa shape index (κ2) is 8.61. The molecule has 0 bridgehead atoms. The van der Waals surface area contributed by atoms with Gasteiger partial charge in [0.25, 0.3) is 0 Å². The molecule has 0 aliphatic heterocycles. The van der Waals surface area contributed by atoms with Crippen LogP contribution in [0.1, 0.15) is 19.4 Å². The van der Waals surface area contributed by atoms with Crippen LogP contribution in [-0.2, 0) is 10.0 Å². The minimum absolute atomic E-state index is 0.0330. The van der Waals surface area contributed by atoms with Crippen molar-refractivity contribution in [3.05, 3.63) is 54.1 Å². The van der Waals surface area contributed by atoms with Crippen molar-refractivity contribution in [2.45, 2.75) is 25.7 Å². The Kier molecular flexibility index (Phi) is 7.15. The molecule has 0 saturated heterocycles. The van der Waals surface area contributed by atoms with Gasteiger partial charge in [-0.1, -0.05) is 37.6 Å². The first-order chi connectivity index (χ1) is 10.8. The average molecular weight is 351 g/mol. The molecule has 0 aliphatic carbocycles. The quantitative estimate of drug-likeness (QED) is 0.737. The van der Waals surface area contributed by atoms with E-state index in [0.717, 1.165) is 11.3 Å². The molecule has 4 N–H and O–H groups in total. The van der Waals surface area contributed by atoms with Gasteiger partial charge in [-0.25, -0.2) is 13.6 Å². The van der Waals surface area contributed by atoms with E-state index in [1.54, 1.807) is 12.1 Å². The molecule has 2 rings (SSSR count). The Morgan fingerprint density at radius 3 is 2.13 bits per heavy atom. The molecule has 0 aromatic heterocycles. The van der Waals surface area contributed by atoms with Gasteiger partial charge >= 0.3 is 0 Å². The van der Waals surface area contributed by atoms with Crippen molar-refractivity contribution < 1.29 is 8.42 Å². The van der Waals surface area contributed by atoms with Crippen LogP contribution in [0.25, 0.3) is 0 Å². The number of benzene rings is 2. The minimum Gasteiger partial charge on any atom is -0.332 e. The van der Waals surface area contributed by atoms with Gasteiger partial charge in [0, 0.05) is 11.4 Å². The van der Waals surface area contributed by atoms with E-state index in [2.05, 4.69) is 10.6 Å². The molecular weight excluding hydrogens is 330 g/mol. The van der Waals surface area contributed by atoms with Gasteiger partial charge in [-0.2, -0.15) is 0 Å². The highest BCUT2D eigenvalue weighted by molar-refractivity contribution is 7.89. The second-order valence-corrected chi connectivity index (χ2v) is 6.49. The van der Waals surface area contributed by atoms with Crippen molar-refractivity contribution in [3.63, 3.8) is 0 Å². The van der Waals surface area contributed by atoms with Crippen LogP contribution in [0.5, 0.6) is 0 Å². The van der Waals surface area contributed by atoms with Crippen molar-refractivity contribution in [1.29, 1.82) is 0 Å². The van der Waals surface area contributed by atoms with Crippen LogP contribution in [0, 0.1) is 6.92 Å². The summed E-state index contributed by atoms with van der Waals surface area (Å²) in [4.78, 5) is 0.0330. The fraction of sp³-hybridized carbons (Fsp3) is 0.188. The Labute approximate surface area is 143 Å². The summed E-state index contributed by atoms with van der Waals surface area (Å²) in [6, 6.07) is 13.9. The number of rotatable bonds is 3. The third kappa shape index (κ3) is 6.35. The molecule has 0 saturated carbocycles. The van der Waals surface area contributed by atoms with Crippen molar-refractivity contribution in [2.75, 3.05) is 10.6 Å². The van der Waals surface area contributed by atoms with E-state index in [4.69, 9.17) is 17.4 Å². The first-order valence-corrected chi connectivity index (χ1v) is 9.07. The SMILES string of the molecule is CC.Cc1ccc(NC(=S)Nc2cccc(S(N)(=O)=O)c2)cc1. The van der Waals surface area contributed by atoms with E-state index in [9.17, 15) is 8.42 Å². The number of hydrogen-bond acceptors (Lipinski definition) is 3. The van der Waals surface area contributed by atoms with Gasteiger partial charge < -0.3 is 10.6 Å². The Balaban J connectivity index is 0.00000127. The lowest BCUT2D eigenvalue weighted by Crippen LogP contribution is -2.19. The molecule has 2 aromatic carbocycles. The molecule has 5 nitrogen and oxygen atoms in total. The number of hydrogen-bond donors (Lipinski definition) is 3. The molecular formula is C16H21N3O2S2. The Morgan fingerprint density at radius 1 is 1.00 bits per heavy atom. The van der Waals surface area contributed by atoms with E-state index >= 15 is 0 Å². The number of thiocarbonyl (C=S) groups is 1. The lowest BCUT2D eigenvalue weighted by Gasteiger charge is -2.11. The van der Waals surface area contributed by atoms with Crippen molar-refractivity contribution in [1.82, 2.24) is 0 Å². The second-order valence-electron chi connectivity index (χ2n) is 4.52. The third-order valence-electron chi connectivity index (χ3n) is 2.73. The molecule has 0 unspecified atom stereocenters. The van der Waals surface area contributed by atoms with Crippen molar-refractivity contribution >= 4 is 38.7 Å². The van der Waals surface area contributed by atoms with Crippen molar-refractivity contribution in [2.24, 2.45) is 5.14 Å². The zero-order valence-corrected chi connectivity index (χ0v) is 15.0. The molecule has 0 amide bonds. The molecule has 0 spiro atoms. The Hall–Kier alpha value is -1.96. The smallest absolute Gasteiger partial charge is 0.238 e. The van der Waals surface area contributed by atoms with Gasteiger partial charge in [0.2, 0.25) is 10.0 Å². The van der Waals surface area contributed by atoms with Crippen LogP contribution < -0.4 is 15.8 Å². The number of nitrogens with two attached hydrogens (primary N) is 1. The molecule has 7 heteroatoms. The molecule has 0 fully saturated rings. The summed E-state index contributed by atoms with van der Waals surface area (Å²) in [5.74, 6) is 0. The van der Waals surface area contributed by atoms with E-state index < -0.39 is 10.0 Å². The highest BCUT2D eigenvalue weighted by Gasteiger charge is 2.08. The van der Waals surface area contributed by atoms with Gasteiger partial charge in [0.05, 0.1) is 4.90 Å². The molecule has 0 aliphatic rings. The van der Waals surface area contributed by atoms with E-state index in [-0.39, 0.29) is 4.90 Å². The normalized spacial score (nSPS) is 10.3. The van der Waals surface area contributed by atoms with E-state index in [1.807, 2.05) is 45.0 Å². The average Bonchev–Trinajstić information content (AvgIpc) is 2.51. The van der Waals surface area contributed by atoms with Gasteiger partial charge in [-0.3, -0.25) is 0 Å². The van der Waals surface area contributed by atoms with Crippen LogP contribution in [-0.4, -0.2) is 13.5 Å². The largest absolute Gasteiger partial charge is 0.332 e. The summed E-state index contributed by atoms with van der Waals surface area (Å²) < 4.78 is 22.6. The van der Waals surface area contributed by atoms with Gasteiger partial charge in [-0.15, -0.1) is 0 Å². The van der Waals surface area contributed by atoms with Crippen LogP contribution in [0.15, 0.2) is 53.4 Å². The summed E-state index contributed by atoms with van der Waals surface area (Å²) in [6.07, 6.45) is 0. The van der Waals surface area contributed by atoms with E-state index in [1.165, 1.54) is 12.1 Å². The number of primary sulfonamides is 1. The summed E-state index contributed by atoms with van der Waals surface area (Å²) in [5, 5.41) is 11.4. The Bertz CT molecular complexity index is 757. The van der Waals surface area contributed by atoms with Crippen LogP contribution >= 0.6 is 12.2 Å². The number of nitrogens with one attached hydrogen (secondary N) is 2. The van der Waals surface area contributed by atoms with Crippen LogP contribution in [0.3, 0.4) is 0 Å². The molecule has 2 aromatic rings. The highest BCUT2D eigenvalue weighted by atomic mass is 32.2. The van der Waals surface area contributed by atoms with Crippen LogP contribution in [0.2, 0.25) is 0 Å². The Morgan fingerprint density at radius 2 is 1.57 bits per heavy atom. The van der Waals surface area contributed by atoms with E-state index in [0.29, 0.717) is 10.8 Å². The maximum atomic E-state index is 11.3. The summed E-state index contributed by atoms with van der Waals surface area (Å²) in [5.41, 5.74) is 2.55. The summed E-state index contributed by atoms with van der Waals surface area (Å²) >= 11 is 5.18. The lowest BCUT2D eigenvalue weighted by atomic mass is 10.2. The topological polar surface area (TPSA) is 84.2 Å². The molecule has 0 atom stereocenters. The maximum Gasteiger partial charge on any atom is 0.238 e. The molecule has 124 valence electrons.